The summed E-state index contributed by atoms with van der Waals surface area (Å²) >= 11 is 0. The summed E-state index contributed by atoms with van der Waals surface area (Å²) in [5, 5.41) is 34.5. The molecule has 0 aromatic carbocycles. The molecule has 33 heavy (non-hydrogen) atoms. The van der Waals surface area contributed by atoms with Gasteiger partial charge in [-0.15, -0.1) is 0 Å². The van der Waals surface area contributed by atoms with Gasteiger partial charge < -0.3 is 20.6 Å². The second-order valence-corrected chi connectivity index (χ2v) is 12.4. The molecular formula is C27H45NO5. The summed E-state index contributed by atoms with van der Waals surface area (Å²) in [6.07, 6.45) is 6.40. The van der Waals surface area contributed by atoms with Gasteiger partial charge in [0.2, 0.25) is 0 Å². The van der Waals surface area contributed by atoms with Gasteiger partial charge in [-0.2, -0.15) is 0 Å². The number of aliphatic hydroxyl groups excluding tert-OH is 2. The quantitative estimate of drug-likeness (QED) is 0.460. The van der Waals surface area contributed by atoms with Crippen molar-refractivity contribution in [2.75, 3.05) is 13.6 Å². The Bertz CT molecular complexity index is 757. The van der Waals surface area contributed by atoms with E-state index in [1.165, 1.54) is 0 Å². The number of hydrogen-bond acceptors (Lipinski definition) is 5. The Hall–Kier alpha value is -0.980. The van der Waals surface area contributed by atoms with E-state index in [1.807, 2.05) is 0 Å². The van der Waals surface area contributed by atoms with E-state index < -0.39 is 18.2 Å². The van der Waals surface area contributed by atoms with E-state index in [4.69, 9.17) is 0 Å². The van der Waals surface area contributed by atoms with Crippen LogP contribution in [0.15, 0.2) is 0 Å². The van der Waals surface area contributed by atoms with E-state index in [-0.39, 0.29) is 34.9 Å². The van der Waals surface area contributed by atoms with Gasteiger partial charge in [-0.25, -0.2) is 0 Å². The minimum atomic E-state index is -0.742. The molecule has 6 nitrogen and oxygen atoms in total. The summed E-state index contributed by atoms with van der Waals surface area (Å²) < 4.78 is 0. The van der Waals surface area contributed by atoms with Crippen molar-refractivity contribution in [2.45, 2.75) is 90.8 Å². The third-order valence-electron chi connectivity index (χ3n) is 11.2. The molecule has 0 aromatic rings. The molecule has 4 aliphatic carbocycles. The SMILES string of the molecule is CNCC(=O)C1C[C@@H](O)C[C@H]2CC[C@@H]3[C@H](C[C@H](O)[C@]4(C)[C@@H]([C@H](C)CCC(=O)O)CC[C@@H]34)[C@@]12C. The Labute approximate surface area is 198 Å². The van der Waals surface area contributed by atoms with Gasteiger partial charge in [0.1, 0.15) is 5.78 Å². The average Bonchev–Trinajstić information content (AvgIpc) is 3.12. The van der Waals surface area contributed by atoms with Crippen LogP contribution < -0.4 is 5.32 Å². The molecule has 4 fully saturated rings. The van der Waals surface area contributed by atoms with Crippen LogP contribution in [0.1, 0.15) is 78.6 Å². The smallest absolute Gasteiger partial charge is 0.303 e. The van der Waals surface area contributed by atoms with Gasteiger partial charge in [-0.3, -0.25) is 9.59 Å². The second-order valence-electron chi connectivity index (χ2n) is 12.4. The average molecular weight is 464 g/mol. The molecule has 0 heterocycles. The van der Waals surface area contributed by atoms with Gasteiger partial charge >= 0.3 is 5.97 Å². The number of carbonyl (C=O) groups is 2. The van der Waals surface area contributed by atoms with Gasteiger partial charge in [-0.05, 0) is 105 Å². The first-order chi connectivity index (χ1) is 15.5. The van der Waals surface area contributed by atoms with Crippen molar-refractivity contribution in [1.82, 2.24) is 5.32 Å². The second kappa shape index (κ2) is 9.23. The molecule has 4 rings (SSSR count). The third kappa shape index (κ3) is 3.98. The van der Waals surface area contributed by atoms with E-state index in [0.717, 1.165) is 38.5 Å². The monoisotopic (exact) mass is 463 g/mol. The first-order valence-corrected chi connectivity index (χ1v) is 13.3. The summed E-state index contributed by atoms with van der Waals surface area (Å²) in [6, 6.07) is 0. The summed E-state index contributed by atoms with van der Waals surface area (Å²) in [7, 11) is 1.81. The number of ketones is 1. The summed E-state index contributed by atoms with van der Waals surface area (Å²) in [6.45, 7) is 7.09. The normalized spacial score (nSPS) is 47.8. The topological polar surface area (TPSA) is 107 Å². The molecule has 4 aliphatic rings. The predicted molar refractivity (Wildman–Crippen MR) is 126 cm³/mol. The molecule has 188 valence electrons. The fourth-order valence-corrected chi connectivity index (χ4v) is 9.59. The number of fused-ring (bicyclic) bond motifs is 5. The molecule has 0 aliphatic heterocycles. The summed E-state index contributed by atoms with van der Waals surface area (Å²) in [4.78, 5) is 24.4. The Morgan fingerprint density at radius 3 is 2.39 bits per heavy atom. The minimum Gasteiger partial charge on any atom is -0.481 e. The Morgan fingerprint density at radius 1 is 1.00 bits per heavy atom. The van der Waals surface area contributed by atoms with Crippen LogP contribution >= 0.6 is 0 Å². The van der Waals surface area contributed by atoms with Crippen LogP contribution in [0.2, 0.25) is 0 Å². The highest BCUT2D eigenvalue weighted by Crippen LogP contribution is 2.69. The van der Waals surface area contributed by atoms with E-state index in [9.17, 15) is 24.9 Å². The molecule has 0 amide bonds. The number of carboxylic acids is 1. The van der Waals surface area contributed by atoms with Gasteiger partial charge in [0.25, 0.3) is 0 Å². The lowest BCUT2D eigenvalue weighted by atomic mass is 9.41. The number of carbonyl (C=O) groups excluding carboxylic acids is 1. The van der Waals surface area contributed by atoms with Gasteiger partial charge in [0.15, 0.2) is 0 Å². The zero-order valence-corrected chi connectivity index (χ0v) is 20.9. The van der Waals surface area contributed by atoms with E-state index >= 15 is 0 Å². The van der Waals surface area contributed by atoms with Crippen LogP contribution in [0.5, 0.6) is 0 Å². The molecule has 0 saturated heterocycles. The number of Topliss-reactive ketones (excluding diaryl/α,β-unsaturated/α-hetero) is 1. The Morgan fingerprint density at radius 2 is 1.73 bits per heavy atom. The van der Waals surface area contributed by atoms with Crippen molar-refractivity contribution >= 4 is 11.8 Å². The first kappa shape index (κ1) is 25.1. The molecule has 1 unspecified atom stereocenters. The van der Waals surface area contributed by atoms with Gasteiger partial charge in [0.05, 0.1) is 18.8 Å². The Balaban J connectivity index is 1.63. The fourth-order valence-electron chi connectivity index (χ4n) is 9.59. The number of hydrogen-bond donors (Lipinski definition) is 4. The van der Waals surface area contributed by atoms with Crippen LogP contribution in [0.4, 0.5) is 0 Å². The minimum absolute atomic E-state index is 0.158. The number of rotatable bonds is 7. The lowest BCUT2D eigenvalue weighted by Gasteiger charge is -2.64. The van der Waals surface area contributed by atoms with Crippen LogP contribution in [0.25, 0.3) is 0 Å². The number of aliphatic hydroxyl groups is 2. The van der Waals surface area contributed by atoms with E-state index in [1.54, 1.807) is 7.05 Å². The van der Waals surface area contributed by atoms with Crippen molar-refractivity contribution in [3.63, 3.8) is 0 Å². The van der Waals surface area contributed by atoms with E-state index in [0.29, 0.717) is 49.0 Å². The maximum Gasteiger partial charge on any atom is 0.303 e. The first-order valence-electron chi connectivity index (χ1n) is 13.3. The number of nitrogens with one attached hydrogen (secondary N) is 1. The highest BCUT2D eigenvalue weighted by Gasteiger charge is 2.65. The summed E-state index contributed by atoms with van der Waals surface area (Å²) in [5.41, 5.74) is -0.355. The molecule has 4 saturated carbocycles. The predicted octanol–water partition coefficient (Wildman–Crippen LogP) is 3.49. The van der Waals surface area contributed by atoms with Gasteiger partial charge in [-0.1, -0.05) is 20.8 Å². The fraction of sp³-hybridized carbons (Fsp3) is 0.926. The molecular weight excluding hydrogens is 418 g/mol. The standard InChI is InChI=1S/C27H45NO5/c1-15(5-10-25(32)33)19-8-9-20-18-7-6-16-11-17(29)12-22(23(30)14-28-4)26(16,2)21(18)13-24(31)27(19,20)3/h15-22,24,28-29,31H,5-14H2,1-4H3,(H,32,33)/t15-,16-,17+,18+,19-,20+,21+,22?,24+,26+,27-/m1/s1. The molecule has 11 atom stereocenters. The van der Waals surface area contributed by atoms with Crippen LogP contribution in [-0.4, -0.2) is 52.9 Å². The Kier molecular flexibility index (Phi) is 7.03. The largest absolute Gasteiger partial charge is 0.481 e. The van der Waals surface area contributed by atoms with E-state index in [2.05, 4.69) is 26.1 Å². The van der Waals surface area contributed by atoms with Crippen molar-refractivity contribution < 1.29 is 24.9 Å². The zero-order chi connectivity index (χ0) is 24.1. The molecule has 6 heteroatoms. The number of carboxylic acid groups (broad SMARTS) is 1. The molecule has 0 bridgehead atoms. The molecule has 4 N–H and O–H groups in total. The van der Waals surface area contributed by atoms with Crippen molar-refractivity contribution in [1.29, 1.82) is 0 Å². The van der Waals surface area contributed by atoms with Crippen LogP contribution in [0.3, 0.4) is 0 Å². The maximum absolute atomic E-state index is 13.2. The third-order valence-corrected chi connectivity index (χ3v) is 11.2. The number of aliphatic carboxylic acids is 1. The van der Waals surface area contributed by atoms with Crippen LogP contribution in [-0.2, 0) is 9.59 Å². The highest BCUT2D eigenvalue weighted by molar-refractivity contribution is 5.84. The zero-order valence-electron chi connectivity index (χ0n) is 20.9. The maximum atomic E-state index is 13.2. The number of likely N-dealkylation sites (N-methyl/N-ethyl adjacent to an activating group) is 1. The lowest BCUT2D eigenvalue weighted by Crippen LogP contribution is -2.62. The van der Waals surface area contributed by atoms with Crippen molar-refractivity contribution in [3.8, 4) is 0 Å². The van der Waals surface area contributed by atoms with Gasteiger partial charge in [0, 0.05) is 12.3 Å². The van der Waals surface area contributed by atoms with Crippen molar-refractivity contribution in [2.24, 2.45) is 52.3 Å². The van der Waals surface area contributed by atoms with Crippen LogP contribution in [0, 0.1) is 52.3 Å². The lowest BCUT2D eigenvalue weighted by molar-refractivity contribution is -0.194. The molecule has 0 radical (unpaired) electrons. The van der Waals surface area contributed by atoms with Crippen molar-refractivity contribution in [3.05, 3.63) is 0 Å². The molecule has 0 spiro atoms. The molecule has 0 aromatic heterocycles. The highest BCUT2D eigenvalue weighted by atomic mass is 16.4. The summed E-state index contributed by atoms with van der Waals surface area (Å²) in [5.74, 6) is 1.49.